The first kappa shape index (κ1) is 28.7. The van der Waals surface area contributed by atoms with Crippen molar-refractivity contribution in [2.45, 2.75) is 45.6 Å². The maximum atomic E-state index is 6.01. The van der Waals surface area contributed by atoms with Gasteiger partial charge in [-0.05, 0) is 92.7 Å². The number of rotatable bonds is 15. The predicted molar refractivity (Wildman–Crippen MR) is 159 cm³/mol. The van der Waals surface area contributed by atoms with E-state index in [1.54, 1.807) is 0 Å². The van der Waals surface area contributed by atoms with Crippen molar-refractivity contribution in [3.05, 3.63) is 89.8 Å². The Morgan fingerprint density at radius 1 is 0.872 bits per heavy atom. The molecule has 1 unspecified atom stereocenters. The summed E-state index contributed by atoms with van der Waals surface area (Å²) in [5.74, 6) is 3.38. The molecule has 4 rings (SSSR count). The topological polar surface area (TPSA) is 57.5 Å². The van der Waals surface area contributed by atoms with Crippen LogP contribution in [0.15, 0.2) is 79.0 Å². The maximum absolute atomic E-state index is 6.01. The number of nitrogens with one attached hydrogen (secondary N) is 1. The van der Waals surface area contributed by atoms with Gasteiger partial charge in [0.25, 0.3) is 0 Å². The quantitative estimate of drug-likeness (QED) is 0.165. The number of aryl methyl sites for hydroxylation is 1. The highest BCUT2D eigenvalue weighted by Gasteiger charge is 2.13. The van der Waals surface area contributed by atoms with Crippen LogP contribution in [0.2, 0.25) is 5.02 Å². The number of benzene rings is 3. The molecule has 1 N–H and O–H groups in total. The van der Waals surface area contributed by atoms with Gasteiger partial charge in [-0.25, -0.2) is 4.98 Å². The normalized spacial score (nSPS) is 11.9. The lowest BCUT2D eigenvalue weighted by Gasteiger charge is -2.18. The second-order valence-electron chi connectivity index (χ2n) is 9.45. The lowest BCUT2D eigenvalue weighted by molar-refractivity contribution is 0.0223. The predicted octanol–water partition coefficient (Wildman–Crippen LogP) is 7.72. The highest BCUT2D eigenvalue weighted by molar-refractivity contribution is 6.30. The van der Waals surface area contributed by atoms with Crippen LogP contribution in [0.4, 0.5) is 0 Å². The largest absolute Gasteiger partial charge is 0.491 e. The number of hydrogen-bond acceptors (Lipinski definition) is 5. The molecule has 206 valence electrons. The molecule has 0 fully saturated rings. The van der Waals surface area contributed by atoms with Gasteiger partial charge < -0.3 is 24.1 Å². The number of unbranched alkanes of at least 4 members (excludes halogenated alkanes) is 1. The fraction of sp³-hybridized carbons (Fsp3) is 0.344. The Hall–Kier alpha value is -3.32. The summed E-state index contributed by atoms with van der Waals surface area (Å²) in [7, 11) is 1.93. The number of likely N-dealkylation sites (N-methyl/N-ethyl adjacent to an activating group) is 1. The number of halogens is 1. The smallest absolute Gasteiger partial charge is 0.127 e. The van der Waals surface area contributed by atoms with E-state index in [2.05, 4.69) is 54.2 Å². The molecule has 0 amide bonds. The van der Waals surface area contributed by atoms with Crippen molar-refractivity contribution in [1.82, 2.24) is 14.9 Å². The Morgan fingerprint density at radius 3 is 2.18 bits per heavy atom. The highest BCUT2D eigenvalue weighted by atomic mass is 35.5. The molecule has 0 aliphatic carbocycles. The first-order valence-electron chi connectivity index (χ1n) is 13.7. The minimum atomic E-state index is 0.0226. The van der Waals surface area contributed by atoms with E-state index in [9.17, 15) is 0 Å². The SMILES string of the molecule is CCCCc1nc(-c2ccc(OCC(CNC)OCCC)cc2)cn1-c1ccc(Oc2ccc(Cl)cc2)cc1. The Bertz CT molecular complexity index is 1270. The third kappa shape index (κ3) is 8.33. The summed E-state index contributed by atoms with van der Waals surface area (Å²) in [5.41, 5.74) is 3.04. The molecule has 0 bridgehead atoms. The first-order chi connectivity index (χ1) is 19.1. The molecule has 4 aromatic rings. The van der Waals surface area contributed by atoms with E-state index in [-0.39, 0.29) is 6.10 Å². The number of ether oxygens (including phenoxy) is 3. The summed E-state index contributed by atoms with van der Waals surface area (Å²) in [6.07, 6.45) is 6.22. The van der Waals surface area contributed by atoms with E-state index in [0.29, 0.717) is 11.6 Å². The molecule has 39 heavy (non-hydrogen) atoms. The Balaban J connectivity index is 1.47. The molecule has 7 heteroatoms. The monoisotopic (exact) mass is 547 g/mol. The van der Waals surface area contributed by atoms with Crippen molar-refractivity contribution in [3.8, 4) is 34.2 Å². The average molecular weight is 548 g/mol. The van der Waals surface area contributed by atoms with Crippen molar-refractivity contribution in [3.63, 3.8) is 0 Å². The minimum Gasteiger partial charge on any atom is -0.491 e. The van der Waals surface area contributed by atoms with Gasteiger partial charge in [0.05, 0.1) is 5.69 Å². The Labute approximate surface area is 236 Å². The van der Waals surface area contributed by atoms with Crippen molar-refractivity contribution in [2.24, 2.45) is 0 Å². The van der Waals surface area contributed by atoms with Crippen molar-refractivity contribution < 1.29 is 14.2 Å². The number of hydrogen-bond donors (Lipinski definition) is 1. The molecule has 6 nitrogen and oxygen atoms in total. The lowest BCUT2D eigenvalue weighted by atomic mass is 10.1. The van der Waals surface area contributed by atoms with Gasteiger partial charge in [-0.3, -0.25) is 0 Å². The van der Waals surface area contributed by atoms with E-state index in [4.69, 9.17) is 30.8 Å². The van der Waals surface area contributed by atoms with Gasteiger partial charge >= 0.3 is 0 Å². The molecular weight excluding hydrogens is 510 g/mol. The van der Waals surface area contributed by atoms with Crippen molar-refractivity contribution in [1.29, 1.82) is 0 Å². The molecule has 0 spiro atoms. The van der Waals surface area contributed by atoms with E-state index in [1.165, 1.54) is 0 Å². The van der Waals surface area contributed by atoms with E-state index in [1.807, 2.05) is 55.6 Å². The van der Waals surface area contributed by atoms with Crippen LogP contribution in [0, 0.1) is 0 Å². The van der Waals surface area contributed by atoms with Gasteiger partial charge in [0.1, 0.15) is 35.8 Å². The molecule has 1 aromatic heterocycles. The number of aromatic nitrogens is 2. The molecule has 1 atom stereocenters. The average Bonchev–Trinajstić information content (AvgIpc) is 3.39. The fourth-order valence-corrected chi connectivity index (χ4v) is 4.32. The second-order valence-corrected chi connectivity index (χ2v) is 9.89. The summed E-state index contributed by atoms with van der Waals surface area (Å²) in [6.45, 7) is 6.30. The van der Waals surface area contributed by atoms with E-state index < -0.39 is 0 Å². The Kier molecular flexibility index (Phi) is 10.8. The molecule has 1 heterocycles. The summed E-state index contributed by atoms with van der Waals surface area (Å²) < 4.78 is 20.0. The van der Waals surface area contributed by atoms with E-state index >= 15 is 0 Å². The third-order valence-corrected chi connectivity index (χ3v) is 6.52. The van der Waals surface area contributed by atoms with Crippen LogP contribution in [0.3, 0.4) is 0 Å². The molecule has 0 saturated carbocycles. The zero-order valence-corrected chi connectivity index (χ0v) is 23.8. The van der Waals surface area contributed by atoms with Gasteiger partial charge in [0, 0.05) is 42.0 Å². The zero-order valence-electron chi connectivity index (χ0n) is 23.0. The molecule has 0 aliphatic heterocycles. The van der Waals surface area contributed by atoms with Gasteiger partial charge in [0.15, 0.2) is 0 Å². The fourth-order valence-electron chi connectivity index (χ4n) is 4.20. The molecule has 0 radical (unpaired) electrons. The van der Waals surface area contributed by atoms with Crippen LogP contribution >= 0.6 is 11.6 Å². The van der Waals surface area contributed by atoms with Crippen LogP contribution in [0.25, 0.3) is 16.9 Å². The van der Waals surface area contributed by atoms with Crippen molar-refractivity contribution >= 4 is 11.6 Å². The number of nitrogens with zero attached hydrogens (tertiary/aromatic N) is 2. The zero-order chi connectivity index (χ0) is 27.5. The second kappa shape index (κ2) is 14.7. The summed E-state index contributed by atoms with van der Waals surface area (Å²) in [5, 5.41) is 3.85. The van der Waals surface area contributed by atoms with Crippen LogP contribution in [-0.4, -0.2) is 42.5 Å². The lowest BCUT2D eigenvalue weighted by Crippen LogP contribution is -2.32. The van der Waals surface area contributed by atoms with Crippen LogP contribution in [0.1, 0.15) is 38.9 Å². The highest BCUT2D eigenvalue weighted by Crippen LogP contribution is 2.27. The van der Waals surface area contributed by atoms with Gasteiger partial charge in [-0.2, -0.15) is 0 Å². The molecular formula is C32H38ClN3O3. The van der Waals surface area contributed by atoms with Crippen molar-refractivity contribution in [2.75, 3.05) is 26.8 Å². The van der Waals surface area contributed by atoms with Gasteiger partial charge in [-0.1, -0.05) is 31.9 Å². The molecule has 0 saturated heterocycles. The first-order valence-corrected chi connectivity index (χ1v) is 14.1. The van der Waals surface area contributed by atoms with E-state index in [0.717, 1.165) is 78.9 Å². The minimum absolute atomic E-state index is 0.0226. The third-order valence-electron chi connectivity index (χ3n) is 6.27. The summed E-state index contributed by atoms with van der Waals surface area (Å²) in [6, 6.07) is 23.6. The van der Waals surface area contributed by atoms with Crippen LogP contribution in [-0.2, 0) is 11.2 Å². The number of imidazole rings is 1. The van der Waals surface area contributed by atoms with Crippen LogP contribution < -0.4 is 14.8 Å². The molecule has 3 aromatic carbocycles. The standard InChI is InChI=1S/C32H38ClN3O3/c1-4-6-7-32-35-31(24-8-14-27(15-9-24)38-23-30(21-34-3)37-20-5-2)22-36(32)26-12-18-29(19-13-26)39-28-16-10-25(33)11-17-28/h8-19,22,30,34H,4-7,20-21,23H2,1-3H3. The molecule has 0 aliphatic rings. The summed E-state index contributed by atoms with van der Waals surface area (Å²) in [4.78, 5) is 5.00. The van der Waals surface area contributed by atoms with Gasteiger partial charge in [0.2, 0.25) is 0 Å². The van der Waals surface area contributed by atoms with Crippen LogP contribution in [0.5, 0.6) is 17.2 Å². The van der Waals surface area contributed by atoms with Gasteiger partial charge in [-0.15, -0.1) is 0 Å². The summed E-state index contributed by atoms with van der Waals surface area (Å²) >= 11 is 5.98. The maximum Gasteiger partial charge on any atom is 0.127 e. The Morgan fingerprint density at radius 2 is 1.54 bits per heavy atom.